The van der Waals surface area contributed by atoms with Gasteiger partial charge in [0.15, 0.2) is 11.5 Å². The van der Waals surface area contributed by atoms with Crippen LogP contribution in [0.25, 0.3) is 0 Å². The fourth-order valence-electron chi connectivity index (χ4n) is 1.59. The SMILES string of the molecule is C=C(Br)COc1c(CC(C)N)cc(Cl)cc1OC. The first-order valence-corrected chi connectivity index (χ1v) is 6.69. The van der Waals surface area contributed by atoms with Gasteiger partial charge in [0.1, 0.15) is 6.61 Å². The minimum Gasteiger partial charge on any atom is -0.493 e. The van der Waals surface area contributed by atoms with Crippen molar-refractivity contribution in [3.8, 4) is 11.5 Å². The van der Waals surface area contributed by atoms with Crippen molar-refractivity contribution in [3.63, 3.8) is 0 Å². The molecule has 1 aromatic carbocycles. The van der Waals surface area contributed by atoms with Crippen molar-refractivity contribution in [1.29, 1.82) is 0 Å². The molecule has 0 saturated heterocycles. The second kappa shape index (κ2) is 7.02. The smallest absolute Gasteiger partial charge is 0.165 e. The zero-order valence-corrected chi connectivity index (χ0v) is 12.8. The molecule has 0 aromatic heterocycles. The van der Waals surface area contributed by atoms with Gasteiger partial charge >= 0.3 is 0 Å². The quantitative estimate of drug-likeness (QED) is 0.865. The van der Waals surface area contributed by atoms with Crippen molar-refractivity contribution in [2.24, 2.45) is 5.73 Å². The van der Waals surface area contributed by atoms with Gasteiger partial charge in [-0.1, -0.05) is 34.1 Å². The van der Waals surface area contributed by atoms with Gasteiger partial charge in [0.05, 0.1) is 7.11 Å². The molecule has 0 radical (unpaired) electrons. The summed E-state index contributed by atoms with van der Waals surface area (Å²) in [5.74, 6) is 1.27. The number of hydrogen-bond acceptors (Lipinski definition) is 3. The average molecular weight is 335 g/mol. The van der Waals surface area contributed by atoms with Crippen molar-refractivity contribution < 1.29 is 9.47 Å². The molecule has 5 heteroatoms. The summed E-state index contributed by atoms with van der Waals surface area (Å²) in [6.45, 7) is 6.03. The predicted molar refractivity (Wildman–Crippen MR) is 78.9 cm³/mol. The van der Waals surface area contributed by atoms with E-state index in [1.165, 1.54) is 0 Å². The minimum atomic E-state index is 0.0164. The van der Waals surface area contributed by atoms with Crippen molar-refractivity contribution in [2.75, 3.05) is 13.7 Å². The van der Waals surface area contributed by atoms with Gasteiger partial charge in [0.2, 0.25) is 0 Å². The molecule has 1 atom stereocenters. The lowest BCUT2D eigenvalue weighted by Gasteiger charge is -2.16. The Kier molecular flexibility index (Phi) is 5.99. The second-order valence-electron chi connectivity index (χ2n) is 4.08. The van der Waals surface area contributed by atoms with Crippen LogP contribution in [0.2, 0.25) is 5.02 Å². The Balaban J connectivity index is 3.10. The van der Waals surface area contributed by atoms with E-state index < -0.39 is 0 Å². The Morgan fingerprint density at radius 3 is 2.72 bits per heavy atom. The summed E-state index contributed by atoms with van der Waals surface area (Å²) < 4.78 is 11.7. The molecule has 0 heterocycles. The summed E-state index contributed by atoms with van der Waals surface area (Å²) >= 11 is 9.30. The Morgan fingerprint density at radius 2 is 2.22 bits per heavy atom. The van der Waals surface area contributed by atoms with Gasteiger partial charge in [-0.05, 0) is 19.4 Å². The third kappa shape index (κ3) is 4.52. The lowest BCUT2D eigenvalue weighted by atomic mass is 10.1. The first-order valence-electron chi connectivity index (χ1n) is 5.52. The van der Waals surface area contributed by atoms with E-state index in [0.29, 0.717) is 29.5 Å². The normalized spacial score (nSPS) is 12.1. The van der Waals surface area contributed by atoms with Crippen LogP contribution in [0.4, 0.5) is 0 Å². The van der Waals surface area contributed by atoms with E-state index in [1.54, 1.807) is 13.2 Å². The highest BCUT2D eigenvalue weighted by atomic mass is 79.9. The molecule has 0 fully saturated rings. The number of ether oxygens (including phenoxy) is 2. The molecule has 18 heavy (non-hydrogen) atoms. The van der Waals surface area contributed by atoms with E-state index in [2.05, 4.69) is 22.5 Å². The van der Waals surface area contributed by atoms with Gasteiger partial charge in [-0.2, -0.15) is 0 Å². The first kappa shape index (κ1) is 15.3. The monoisotopic (exact) mass is 333 g/mol. The number of benzene rings is 1. The number of hydrogen-bond donors (Lipinski definition) is 1. The third-order valence-corrected chi connectivity index (χ3v) is 2.68. The Bertz CT molecular complexity index is 435. The third-order valence-electron chi connectivity index (χ3n) is 2.23. The summed E-state index contributed by atoms with van der Waals surface area (Å²) in [4.78, 5) is 0. The standard InChI is InChI=1S/C13H17BrClNO2/c1-8(14)7-18-13-10(4-9(2)16)5-11(15)6-12(13)17-3/h5-6,9H,1,4,7,16H2,2-3H3. The molecule has 1 aromatic rings. The molecule has 0 aliphatic heterocycles. The highest BCUT2D eigenvalue weighted by Crippen LogP contribution is 2.35. The highest BCUT2D eigenvalue weighted by molar-refractivity contribution is 9.11. The maximum absolute atomic E-state index is 6.04. The fourth-order valence-corrected chi connectivity index (χ4v) is 1.93. The van der Waals surface area contributed by atoms with E-state index >= 15 is 0 Å². The lowest BCUT2D eigenvalue weighted by molar-refractivity contribution is 0.321. The molecular formula is C13H17BrClNO2. The molecule has 3 nitrogen and oxygen atoms in total. The van der Waals surface area contributed by atoms with Crippen molar-refractivity contribution in [1.82, 2.24) is 0 Å². The Labute approximate surface area is 121 Å². The topological polar surface area (TPSA) is 44.5 Å². The highest BCUT2D eigenvalue weighted by Gasteiger charge is 2.14. The summed E-state index contributed by atoms with van der Waals surface area (Å²) in [5, 5.41) is 0.604. The van der Waals surface area contributed by atoms with Gasteiger partial charge < -0.3 is 15.2 Å². The zero-order chi connectivity index (χ0) is 13.7. The molecule has 2 N–H and O–H groups in total. The molecule has 1 rings (SSSR count). The van der Waals surface area contributed by atoms with Gasteiger partial charge in [0, 0.05) is 27.2 Å². The van der Waals surface area contributed by atoms with Crippen LogP contribution < -0.4 is 15.2 Å². The van der Waals surface area contributed by atoms with Crippen LogP contribution in [0.3, 0.4) is 0 Å². The van der Waals surface area contributed by atoms with Crippen LogP contribution in [-0.2, 0) is 6.42 Å². The van der Waals surface area contributed by atoms with Gasteiger partial charge in [0.25, 0.3) is 0 Å². The molecule has 100 valence electrons. The van der Waals surface area contributed by atoms with Crippen molar-refractivity contribution in [2.45, 2.75) is 19.4 Å². The van der Waals surface area contributed by atoms with Gasteiger partial charge in [-0.15, -0.1) is 0 Å². The van der Waals surface area contributed by atoms with Crippen LogP contribution >= 0.6 is 27.5 Å². The van der Waals surface area contributed by atoms with E-state index in [-0.39, 0.29) is 6.04 Å². The average Bonchev–Trinajstić information content (AvgIpc) is 2.25. The number of methoxy groups -OCH3 is 1. The molecule has 0 bridgehead atoms. The molecule has 1 unspecified atom stereocenters. The molecule has 0 saturated carbocycles. The number of halogens is 2. The van der Waals surface area contributed by atoms with E-state index in [4.69, 9.17) is 26.8 Å². The van der Waals surface area contributed by atoms with Crippen molar-refractivity contribution >= 4 is 27.5 Å². The fraction of sp³-hybridized carbons (Fsp3) is 0.385. The van der Waals surface area contributed by atoms with Crippen LogP contribution in [0.15, 0.2) is 23.2 Å². The van der Waals surface area contributed by atoms with Gasteiger partial charge in [-0.3, -0.25) is 0 Å². The largest absolute Gasteiger partial charge is 0.493 e. The Hall–Kier alpha value is -0.710. The lowest BCUT2D eigenvalue weighted by Crippen LogP contribution is -2.18. The van der Waals surface area contributed by atoms with Crippen LogP contribution in [-0.4, -0.2) is 19.8 Å². The van der Waals surface area contributed by atoms with E-state index in [9.17, 15) is 0 Å². The Morgan fingerprint density at radius 1 is 1.56 bits per heavy atom. The zero-order valence-electron chi connectivity index (χ0n) is 10.5. The summed E-state index contributed by atoms with van der Waals surface area (Å²) in [5.41, 5.74) is 6.76. The molecular weight excluding hydrogens is 318 g/mol. The maximum atomic E-state index is 6.04. The van der Waals surface area contributed by atoms with Crippen molar-refractivity contribution in [3.05, 3.63) is 33.8 Å². The first-order chi connectivity index (χ1) is 8.43. The van der Waals surface area contributed by atoms with Crippen LogP contribution in [0.1, 0.15) is 12.5 Å². The van der Waals surface area contributed by atoms with E-state index in [1.807, 2.05) is 13.0 Å². The van der Waals surface area contributed by atoms with Gasteiger partial charge in [-0.25, -0.2) is 0 Å². The van der Waals surface area contributed by atoms with Crippen LogP contribution in [0, 0.1) is 0 Å². The molecule has 0 aliphatic rings. The number of rotatable bonds is 6. The molecule has 0 aliphatic carbocycles. The summed E-state index contributed by atoms with van der Waals surface area (Å²) in [6, 6.07) is 3.58. The second-order valence-corrected chi connectivity index (χ2v) is 5.64. The van der Waals surface area contributed by atoms with Crippen LogP contribution in [0.5, 0.6) is 11.5 Å². The molecule has 0 amide bonds. The number of nitrogens with two attached hydrogens (primary N) is 1. The minimum absolute atomic E-state index is 0.0164. The maximum Gasteiger partial charge on any atom is 0.165 e. The molecule has 0 spiro atoms. The summed E-state index contributed by atoms with van der Waals surface area (Å²) in [7, 11) is 1.58. The van der Waals surface area contributed by atoms with E-state index in [0.717, 1.165) is 10.0 Å². The summed E-state index contributed by atoms with van der Waals surface area (Å²) in [6.07, 6.45) is 0.668. The predicted octanol–water partition coefficient (Wildman–Crippen LogP) is 3.53.